The van der Waals surface area contributed by atoms with Crippen LogP contribution in [0, 0.1) is 0 Å². The highest BCUT2D eigenvalue weighted by atomic mass is 16.5. The molecular formula is C26H29N3O4. The maximum absolute atomic E-state index is 13.2. The van der Waals surface area contributed by atoms with Crippen molar-refractivity contribution >= 4 is 22.6 Å². The highest BCUT2D eigenvalue weighted by Gasteiger charge is 2.23. The number of benzene rings is 2. The number of carbonyl (C=O) groups is 2. The molecule has 1 fully saturated rings. The first-order chi connectivity index (χ1) is 16.0. The van der Waals surface area contributed by atoms with Crippen LogP contribution in [0.15, 0.2) is 59.5 Å². The van der Waals surface area contributed by atoms with Gasteiger partial charge in [0.1, 0.15) is 5.75 Å². The predicted molar refractivity (Wildman–Crippen MR) is 128 cm³/mol. The molecule has 0 aliphatic carbocycles. The summed E-state index contributed by atoms with van der Waals surface area (Å²) in [6.45, 7) is 3.10. The van der Waals surface area contributed by atoms with Gasteiger partial charge in [-0.2, -0.15) is 0 Å². The number of pyridine rings is 1. The molecule has 2 aromatic carbocycles. The number of fused-ring (bicyclic) bond motifs is 1. The average molecular weight is 448 g/mol. The molecule has 0 radical (unpaired) electrons. The van der Waals surface area contributed by atoms with Crippen LogP contribution in [0.1, 0.15) is 43.0 Å². The van der Waals surface area contributed by atoms with Crippen LogP contribution in [-0.4, -0.2) is 47.5 Å². The standard InChI is InChI=1S/C26H29N3O4/c1-18-8-5-6-15-28(18)24(30)13-14-27-25(31)23-17-29(19-9-7-10-20(16-19)33-2)26(32)22-12-4-3-11-21(22)23/h3-4,7,9-12,16-18H,5-6,8,13-15H2,1-2H3,(H,27,31). The molecular weight excluding hydrogens is 418 g/mol. The van der Waals surface area contributed by atoms with Gasteiger partial charge in [-0.25, -0.2) is 0 Å². The molecule has 0 spiro atoms. The zero-order chi connectivity index (χ0) is 23.4. The van der Waals surface area contributed by atoms with Crippen molar-refractivity contribution in [1.29, 1.82) is 0 Å². The van der Waals surface area contributed by atoms with E-state index in [1.807, 2.05) is 4.90 Å². The summed E-state index contributed by atoms with van der Waals surface area (Å²) >= 11 is 0. The smallest absolute Gasteiger partial charge is 0.262 e. The molecule has 4 rings (SSSR count). The van der Waals surface area contributed by atoms with Crippen molar-refractivity contribution in [2.75, 3.05) is 20.2 Å². The number of piperidine rings is 1. The van der Waals surface area contributed by atoms with Crippen molar-refractivity contribution < 1.29 is 14.3 Å². The van der Waals surface area contributed by atoms with Gasteiger partial charge in [0, 0.05) is 48.6 Å². The highest BCUT2D eigenvalue weighted by Crippen LogP contribution is 2.21. The van der Waals surface area contributed by atoms with Crippen molar-refractivity contribution in [2.24, 2.45) is 0 Å². The summed E-state index contributed by atoms with van der Waals surface area (Å²) in [6.07, 6.45) is 5.01. The topological polar surface area (TPSA) is 80.6 Å². The van der Waals surface area contributed by atoms with Crippen LogP contribution in [0.4, 0.5) is 0 Å². The van der Waals surface area contributed by atoms with E-state index in [2.05, 4.69) is 12.2 Å². The molecule has 1 atom stereocenters. The molecule has 1 unspecified atom stereocenters. The second-order valence-electron chi connectivity index (χ2n) is 8.40. The van der Waals surface area contributed by atoms with Gasteiger partial charge in [-0.1, -0.05) is 24.3 Å². The van der Waals surface area contributed by atoms with E-state index in [0.29, 0.717) is 27.8 Å². The van der Waals surface area contributed by atoms with Gasteiger partial charge in [0.25, 0.3) is 11.5 Å². The summed E-state index contributed by atoms with van der Waals surface area (Å²) in [5.41, 5.74) is 0.768. The number of nitrogens with one attached hydrogen (secondary N) is 1. The fraction of sp³-hybridized carbons (Fsp3) is 0.346. The predicted octanol–water partition coefficient (Wildman–Crippen LogP) is 3.52. The third-order valence-electron chi connectivity index (χ3n) is 6.25. The van der Waals surface area contributed by atoms with Crippen LogP contribution in [0.5, 0.6) is 5.75 Å². The lowest BCUT2D eigenvalue weighted by molar-refractivity contribution is -0.134. The first-order valence-electron chi connectivity index (χ1n) is 11.4. The number of ether oxygens (including phenoxy) is 1. The lowest BCUT2D eigenvalue weighted by Gasteiger charge is -2.33. The van der Waals surface area contributed by atoms with Crippen LogP contribution >= 0.6 is 0 Å². The van der Waals surface area contributed by atoms with E-state index < -0.39 is 0 Å². The van der Waals surface area contributed by atoms with Crippen molar-refractivity contribution in [3.63, 3.8) is 0 Å². The van der Waals surface area contributed by atoms with Crippen LogP contribution in [0.3, 0.4) is 0 Å². The summed E-state index contributed by atoms with van der Waals surface area (Å²) in [7, 11) is 1.56. The monoisotopic (exact) mass is 447 g/mol. The molecule has 7 heteroatoms. The molecule has 1 aromatic heterocycles. The Morgan fingerprint density at radius 3 is 2.64 bits per heavy atom. The molecule has 0 bridgehead atoms. The zero-order valence-corrected chi connectivity index (χ0v) is 19.0. The van der Waals surface area contributed by atoms with Gasteiger partial charge in [0.15, 0.2) is 0 Å². The van der Waals surface area contributed by atoms with Gasteiger partial charge < -0.3 is 15.0 Å². The van der Waals surface area contributed by atoms with Crippen molar-refractivity contribution in [3.05, 3.63) is 70.6 Å². The van der Waals surface area contributed by atoms with Crippen LogP contribution in [0.2, 0.25) is 0 Å². The highest BCUT2D eigenvalue weighted by molar-refractivity contribution is 6.06. The molecule has 1 saturated heterocycles. The quantitative estimate of drug-likeness (QED) is 0.627. The lowest BCUT2D eigenvalue weighted by Crippen LogP contribution is -2.43. The van der Waals surface area contributed by atoms with Gasteiger partial charge in [-0.3, -0.25) is 19.0 Å². The summed E-state index contributed by atoms with van der Waals surface area (Å²) in [6, 6.07) is 14.4. The van der Waals surface area contributed by atoms with Crippen LogP contribution in [0.25, 0.3) is 16.5 Å². The average Bonchev–Trinajstić information content (AvgIpc) is 2.84. The fourth-order valence-electron chi connectivity index (χ4n) is 4.41. The Morgan fingerprint density at radius 2 is 1.88 bits per heavy atom. The van der Waals surface area contributed by atoms with E-state index in [-0.39, 0.29) is 36.4 Å². The number of carbonyl (C=O) groups excluding carboxylic acids is 2. The first-order valence-corrected chi connectivity index (χ1v) is 11.4. The first kappa shape index (κ1) is 22.6. The Hall–Kier alpha value is -3.61. The lowest BCUT2D eigenvalue weighted by atomic mass is 10.0. The van der Waals surface area contributed by atoms with Crippen LogP contribution in [-0.2, 0) is 4.79 Å². The van der Waals surface area contributed by atoms with Gasteiger partial charge >= 0.3 is 0 Å². The summed E-state index contributed by atoms with van der Waals surface area (Å²) in [4.78, 5) is 40.8. The minimum atomic E-state index is -0.317. The maximum atomic E-state index is 13.2. The third-order valence-corrected chi connectivity index (χ3v) is 6.25. The second-order valence-corrected chi connectivity index (χ2v) is 8.40. The molecule has 33 heavy (non-hydrogen) atoms. The van der Waals surface area contributed by atoms with Crippen LogP contribution < -0.4 is 15.6 Å². The molecule has 2 heterocycles. The van der Waals surface area contributed by atoms with Crippen molar-refractivity contribution in [2.45, 2.75) is 38.6 Å². The number of aromatic nitrogens is 1. The largest absolute Gasteiger partial charge is 0.497 e. The van der Waals surface area contributed by atoms with Gasteiger partial charge in [-0.05, 0) is 44.4 Å². The Morgan fingerprint density at radius 1 is 1.09 bits per heavy atom. The van der Waals surface area contributed by atoms with Gasteiger partial charge in [0.2, 0.25) is 5.91 Å². The minimum absolute atomic E-state index is 0.0636. The van der Waals surface area contributed by atoms with E-state index in [1.165, 1.54) is 4.57 Å². The normalized spacial score (nSPS) is 15.9. The molecule has 1 N–H and O–H groups in total. The number of hydrogen-bond donors (Lipinski definition) is 1. The van der Waals surface area contributed by atoms with Gasteiger partial charge in [0.05, 0.1) is 18.4 Å². The molecule has 172 valence electrons. The number of hydrogen-bond acceptors (Lipinski definition) is 4. The Kier molecular flexibility index (Phi) is 6.77. The number of methoxy groups -OCH3 is 1. The number of nitrogens with zero attached hydrogens (tertiary/aromatic N) is 2. The number of amides is 2. The minimum Gasteiger partial charge on any atom is -0.497 e. The van der Waals surface area contributed by atoms with E-state index in [4.69, 9.17) is 4.74 Å². The Bertz CT molecular complexity index is 1230. The van der Waals surface area contributed by atoms with Crippen molar-refractivity contribution in [1.82, 2.24) is 14.8 Å². The second kappa shape index (κ2) is 9.90. The molecule has 7 nitrogen and oxygen atoms in total. The molecule has 1 aliphatic rings. The number of likely N-dealkylation sites (tertiary alicyclic amines) is 1. The summed E-state index contributed by atoms with van der Waals surface area (Å²) < 4.78 is 6.74. The maximum Gasteiger partial charge on any atom is 0.262 e. The molecule has 3 aromatic rings. The van der Waals surface area contributed by atoms with E-state index in [1.54, 1.807) is 61.8 Å². The summed E-state index contributed by atoms with van der Waals surface area (Å²) in [5, 5.41) is 3.90. The van der Waals surface area contributed by atoms with Gasteiger partial charge in [-0.15, -0.1) is 0 Å². The van der Waals surface area contributed by atoms with E-state index in [9.17, 15) is 14.4 Å². The Balaban J connectivity index is 1.58. The Labute approximate surface area is 193 Å². The van der Waals surface area contributed by atoms with E-state index in [0.717, 1.165) is 25.8 Å². The molecule has 0 saturated carbocycles. The van der Waals surface area contributed by atoms with Crippen molar-refractivity contribution in [3.8, 4) is 11.4 Å². The number of rotatable bonds is 6. The fourth-order valence-corrected chi connectivity index (χ4v) is 4.41. The molecule has 2 amide bonds. The van der Waals surface area contributed by atoms with E-state index >= 15 is 0 Å². The SMILES string of the molecule is COc1cccc(-n2cc(C(=O)NCCC(=O)N3CCCCC3C)c3ccccc3c2=O)c1. The molecule has 1 aliphatic heterocycles. The third kappa shape index (κ3) is 4.77. The zero-order valence-electron chi connectivity index (χ0n) is 19.0. The summed E-state index contributed by atoms with van der Waals surface area (Å²) in [5.74, 6) is 0.361.